The Morgan fingerprint density at radius 2 is 2.16 bits per heavy atom. The maximum atomic E-state index is 4.72. The minimum atomic E-state index is 0.850. The fraction of sp³-hybridized carbons (Fsp3) is 0.429. The molecule has 98 valence electrons. The van der Waals surface area contributed by atoms with Crippen molar-refractivity contribution in [1.82, 2.24) is 18.9 Å². The second-order valence-electron chi connectivity index (χ2n) is 5.17. The summed E-state index contributed by atoms with van der Waals surface area (Å²) in [7, 11) is 0. The lowest BCUT2D eigenvalue weighted by Crippen LogP contribution is -2.10. The van der Waals surface area contributed by atoms with Crippen molar-refractivity contribution in [3.8, 4) is 0 Å². The van der Waals surface area contributed by atoms with E-state index in [2.05, 4.69) is 38.6 Å². The molecule has 0 atom stereocenters. The van der Waals surface area contributed by atoms with Gasteiger partial charge in [0.2, 0.25) is 0 Å². The average molecular weight is 272 g/mol. The van der Waals surface area contributed by atoms with Gasteiger partial charge in [-0.2, -0.15) is 0 Å². The molecule has 0 bridgehead atoms. The van der Waals surface area contributed by atoms with E-state index in [1.807, 2.05) is 0 Å². The van der Waals surface area contributed by atoms with Gasteiger partial charge in [-0.05, 0) is 32.6 Å². The van der Waals surface area contributed by atoms with E-state index in [-0.39, 0.29) is 0 Å². The molecule has 3 heterocycles. The first-order valence-corrected chi connectivity index (χ1v) is 7.65. The average Bonchev–Trinajstić information content (AvgIpc) is 3.04. The molecule has 4 nitrogen and oxygen atoms in total. The van der Waals surface area contributed by atoms with Crippen LogP contribution < -0.4 is 0 Å². The Hall–Kier alpha value is -1.62. The van der Waals surface area contributed by atoms with E-state index in [4.69, 9.17) is 4.98 Å². The lowest BCUT2D eigenvalue weighted by molar-refractivity contribution is 0.621. The van der Waals surface area contributed by atoms with Gasteiger partial charge in [-0.15, -0.1) is 11.3 Å². The minimum absolute atomic E-state index is 0.850. The molecule has 0 unspecified atom stereocenters. The van der Waals surface area contributed by atoms with Crippen molar-refractivity contribution in [2.75, 3.05) is 0 Å². The molecule has 5 heteroatoms. The molecule has 1 aliphatic rings. The lowest BCUT2D eigenvalue weighted by atomic mass is 10.0. The van der Waals surface area contributed by atoms with Gasteiger partial charge in [-0.25, -0.2) is 9.97 Å². The van der Waals surface area contributed by atoms with Crippen LogP contribution in [0.1, 0.15) is 35.7 Å². The number of thiazole rings is 1. The van der Waals surface area contributed by atoms with Gasteiger partial charge in [-0.1, -0.05) is 0 Å². The molecule has 19 heavy (non-hydrogen) atoms. The molecule has 1 aliphatic carbocycles. The van der Waals surface area contributed by atoms with Crippen molar-refractivity contribution < 1.29 is 0 Å². The molecule has 0 aromatic carbocycles. The Morgan fingerprint density at radius 3 is 3.05 bits per heavy atom. The van der Waals surface area contributed by atoms with Gasteiger partial charge in [0.05, 0.1) is 17.9 Å². The summed E-state index contributed by atoms with van der Waals surface area (Å²) in [5, 5.41) is 2.07. The Kier molecular flexibility index (Phi) is 2.48. The minimum Gasteiger partial charge on any atom is -0.326 e. The van der Waals surface area contributed by atoms with E-state index in [0.29, 0.717) is 0 Å². The van der Waals surface area contributed by atoms with Crippen LogP contribution in [0.5, 0.6) is 0 Å². The van der Waals surface area contributed by atoms with Crippen LogP contribution in [0.3, 0.4) is 0 Å². The number of nitrogens with zero attached hydrogens (tertiary/aromatic N) is 4. The molecule has 0 spiro atoms. The monoisotopic (exact) mass is 272 g/mol. The smallest absolute Gasteiger partial charge is 0.193 e. The maximum absolute atomic E-state index is 4.72. The first-order chi connectivity index (χ1) is 9.31. The highest BCUT2D eigenvalue weighted by molar-refractivity contribution is 7.15. The topological polar surface area (TPSA) is 35.1 Å². The number of rotatable bonds is 2. The summed E-state index contributed by atoms with van der Waals surface area (Å²) < 4.78 is 4.44. The van der Waals surface area contributed by atoms with Crippen molar-refractivity contribution in [3.05, 3.63) is 40.7 Å². The van der Waals surface area contributed by atoms with Crippen LogP contribution in [0, 0.1) is 6.92 Å². The zero-order valence-corrected chi connectivity index (χ0v) is 11.8. The summed E-state index contributed by atoms with van der Waals surface area (Å²) in [5.41, 5.74) is 3.87. The number of fused-ring (bicyclic) bond motifs is 2. The Balaban J connectivity index is 1.72. The standard InChI is InChI=1S/C14H16N4S/c1-10-15-12-4-2-3-5-13(12)18(10)9-11-8-17-6-7-19-14(17)16-11/h6-8H,2-5,9H2,1H3. The highest BCUT2D eigenvalue weighted by Crippen LogP contribution is 2.23. The van der Waals surface area contributed by atoms with Crippen LogP contribution in [0.2, 0.25) is 0 Å². The molecule has 4 rings (SSSR count). The van der Waals surface area contributed by atoms with Crippen LogP contribution in [-0.2, 0) is 19.4 Å². The summed E-state index contributed by atoms with van der Waals surface area (Å²) >= 11 is 1.68. The summed E-state index contributed by atoms with van der Waals surface area (Å²) in [6.45, 7) is 2.96. The number of aromatic nitrogens is 4. The lowest BCUT2D eigenvalue weighted by Gasteiger charge is -2.13. The van der Waals surface area contributed by atoms with Crippen LogP contribution in [-0.4, -0.2) is 18.9 Å². The largest absolute Gasteiger partial charge is 0.326 e. The van der Waals surface area contributed by atoms with Gasteiger partial charge in [0.15, 0.2) is 4.96 Å². The van der Waals surface area contributed by atoms with Crippen molar-refractivity contribution >= 4 is 16.3 Å². The zero-order chi connectivity index (χ0) is 12.8. The molecular formula is C14H16N4S. The molecule has 3 aromatic rings. The Bertz CT molecular complexity index is 705. The van der Waals surface area contributed by atoms with Gasteiger partial charge >= 0.3 is 0 Å². The predicted octanol–water partition coefficient (Wildman–Crippen LogP) is 2.83. The van der Waals surface area contributed by atoms with Crippen molar-refractivity contribution in [2.24, 2.45) is 0 Å². The fourth-order valence-electron chi connectivity index (χ4n) is 2.96. The number of imidazole rings is 2. The molecule has 0 N–H and O–H groups in total. The number of hydrogen-bond acceptors (Lipinski definition) is 3. The third-order valence-electron chi connectivity index (χ3n) is 3.89. The van der Waals surface area contributed by atoms with E-state index in [1.165, 1.54) is 30.7 Å². The molecule has 3 aromatic heterocycles. The first kappa shape index (κ1) is 11.2. The van der Waals surface area contributed by atoms with E-state index in [1.54, 1.807) is 11.3 Å². The number of hydrogen-bond donors (Lipinski definition) is 0. The normalized spacial score (nSPS) is 15.0. The second-order valence-corrected chi connectivity index (χ2v) is 6.04. The first-order valence-electron chi connectivity index (χ1n) is 6.77. The molecule has 0 radical (unpaired) electrons. The third-order valence-corrected chi connectivity index (χ3v) is 4.66. The summed E-state index contributed by atoms with van der Waals surface area (Å²) in [6, 6.07) is 0. The number of aryl methyl sites for hydroxylation is 2. The van der Waals surface area contributed by atoms with Gasteiger partial charge in [0.1, 0.15) is 5.82 Å². The SMILES string of the molecule is Cc1nc2c(n1Cc1cn3ccsc3n1)CCCC2. The predicted molar refractivity (Wildman–Crippen MR) is 75.8 cm³/mol. The van der Waals surface area contributed by atoms with E-state index >= 15 is 0 Å². The third kappa shape index (κ3) is 1.80. The molecule has 0 fully saturated rings. The molecule has 0 saturated carbocycles. The van der Waals surface area contributed by atoms with Gasteiger partial charge in [0.25, 0.3) is 0 Å². The molecule has 0 aliphatic heterocycles. The van der Waals surface area contributed by atoms with Crippen LogP contribution in [0.25, 0.3) is 4.96 Å². The second kappa shape index (κ2) is 4.20. The van der Waals surface area contributed by atoms with Gasteiger partial charge < -0.3 is 4.57 Å². The van der Waals surface area contributed by atoms with Crippen LogP contribution in [0.15, 0.2) is 17.8 Å². The van der Waals surface area contributed by atoms with Crippen molar-refractivity contribution in [1.29, 1.82) is 0 Å². The van der Waals surface area contributed by atoms with Gasteiger partial charge in [-0.3, -0.25) is 4.40 Å². The highest BCUT2D eigenvalue weighted by atomic mass is 32.1. The molecular weight excluding hydrogens is 256 g/mol. The summed E-state index contributed by atoms with van der Waals surface area (Å²) in [5.74, 6) is 1.13. The Morgan fingerprint density at radius 1 is 1.26 bits per heavy atom. The summed E-state index contributed by atoms with van der Waals surface area (Å²) in [6.07, 6.45) is 9.06. The van der Waals surface area contributed by atoms with Crippen LogP contribution in [0.4, 0.5) is 0 Å². The van der Waals surface area contributed by atoms with Crippen molar-refractivity contribution in [2.45, 2.75) is 39.2 Å². The highest BCUT2D eigenvalue weighted by Gasteiger charge is 2.18. The molecule has 0 saturated heterocycles. The summed E-state index contributed by atoms with van der Waals surface area (Å²) in [4.78, 5) is 10.5. The van der Waals surface area contributed by atoms with E-state index in [9.17, 15) is 0 Å². The van der Waals surface area contributed by atoms with Gasteiger partial charge in [0, 0.05) is 23.5 Å². The van der Waals surface area contributed by atoms with Crippen molar-refractivity contribution in [3.63, 3.8) is 0 Å². The molecule has 0 amide bonds. The zero-order valence-electron chi connectivity index (χ0n) is 11.0. The Labute approximate surface area is 115 Å². The fourth-order valence-corrected chi connectivity index (χ4v) is 3.68. The maximum Gasteiger partial charge on any atom is 0.193 e. The van der Waals surface area contributed by atoms with E-state index in [0.717, 1.165) is 29.4 Å². The quantitative estimate of drug-likeness (QED) is 0.719. The van der Waals surface area contributed by atoms with Crippen LogP contribution >= 0.6 is 11.3 Å². The van der Waals surface area contributed by atoms with E-state index < -0.39 is 0 Å².